The first-order valence-corrected chi connectivity index (χ1v) is 29.5. The molecule has 3 aliphatic carbocycles. The molecule has 2 aromatic heterocycles. The van der Waals surface area contributed by atoms with Gasteiger partial charge in [0.25, 0.3) is 0 Å². The number of allylic oxidation sites excluding steroid dienone is 1. The van der Waals surface area contributed by atoms with E-state index in [1.165, 1.54) is 19.1 Å². The number of ketones is 6. The number of benzene rings is 3. The summed E-state index contributed by atoms with van der Waals surface area (Å²) in [7, 11) is -3.62. The van der Waals surface area contributed by atoms with Crippen molar-refractivity contribution in [1.82, 2.24) is 0 Å². The third kappa shape index (κ3) is 14.2. The minimum absolute atomic E-state index is 0. The molecule has 19 heteroatoms. The third-order valence-corrected chi connectivity index (χ3v) is 22.7. The number of rotatable bonds is 6. The summed E-state index contributed by atoms with van der Waals surface area (Å²) < 4.78 is 31.0. The van der Waals surface area contributed by atoms with Crippen molar-refractivity contribution in [3.8, 4) is 12.3 Å². The summed E-state index contributed by atoms with van der Waals surface area (Å²) in [6, 6.07) is 23.1. The Labute approximate surface area is 461 Å². The Balaban J connectivity index is 0.000000339. The van der Waals surface area contributed by atoms with Gasteiger partial charge in [-0.2, -0.15) is 0 Å². The van der Waals surface area contributed by atoms with E-state index in [0.717, 1.165) is 0 Å². The van der Waals surface area contributed by atoms with E-state index in [4.69, 9.17) is 27.9 Å². The molecule has 0 bridgehead atoms. The molecule has 0 amide bonds. The van der Waals surface area contributed by atoms with Gasteiger partial charge in [0.15, 0.2) is 39.7 Å². The molecule has 0 saturated carbocycles. The monoisotopic (exact) mass is 1210 g/mol. The molecule has 0 aliphatic heterocycles. The minimum atomic E-state index is -1.99. The van der Waals surface area contributed by atoms with E-state index >= 15 is 0 Å². The topological polar surface area (TPSA) is 205 Å². The fourth-order valence-electron chi connectivity index (χ4n) is 6.86. The number of hydrogen-bond acceptors (Lipinski definition) is 13. The molecular weight excluding hydrogens is 1160 g/mol. The number of furan rings is 2. The molecule has 2 heterocycles. The molecule has 3 aliphatic rings. The van der Waals surface area contributed by atoms with Crippen molar-refractivity contribution in [3.63, 3.8) is 0 Å². The number of carbonyl (C=O) groups excluding carboxylic acids is 6. The average Bonchev–Trinajstić information content (AvgIpc) is 3.99. The SMILES string of the molecule is C#CC(C)O[Si](C)(C)C(C)(C)C.CC(O)c1cc2c(o1)C(=O)c1ccccc1C2=O.CC(O[Si](C)(C)C(C)(C)C)c1cc2c(o1)C(=O)c1ccccc1C2=O.Cl.O=C1C(=O)c2ccccc2C(O)=C1Br.[Cu].[O]=[Cu]. The zero-order valence-corrected chi connectivity index (χ0v) is 49.0. The van der Waals surface area contributed by atoms with Crippen molar-refractivity contribution in [2.75, 3.05) is 0 Å². The van der Waals surface area contributed by atoms with Crippen LogP contribution >= 0.6 is 28.3 Å². The summed E-state index contributed by atoms with van der Waals surface area (Å²) in [5.74, 6) is 1.09. The van der Waals surface area contributed by atoms with Crippen molar-refractivity contribution in [3.05, 3.63) is 157 Å². The molecule has 13 nitrogen and oxygen atoms in total. The van der Waals surface area contributed by atoms with E-state index in [0.29, 0.717) is 39.1 Å². The van der Waals surface area contributed by atoms with E-state index in [1.54, 1.807) is 72.8 Å². The molecular formula is C54H60BrClCu2O13Si2. The summed E-state index contributed by atoms with van der Waals surface area (Å²) in [6.07, 6.45) is 4.06. The van der Waals surface area contributed by atoms with Gasteiger partial charge in [-0.15, -0.1) is 18.8 Å². The zero-order chi connectivity index (χ0) is 53.7. The van der Waals surface area contributed by atoms with Crippen LogP contribution in [-0.4, -0.2) is 67.7 Å². The first-order chi connectivity index (χ1) is 32.9. The van der Waals surface area contributed by atoms with E-state index in [9.17, 15) is 39.0 Å². The number of halogens is 2. The fraction of sp³-hybridized carbons (Fsp3) is 0.333. The number of aliphatic hydroxyl groups is 2. The Kier molecular flexibility index (Phi) is 22.6. The number of hydrogen-bond donors (Lipinski definition) is 2. The quantitative estimate of drug-likeness (QED) is 0.0904. The standard InChI is InChI=1S/C20H24O4Si.C14H10O4.C10H5BrO3.C10H20OSi.ClH.2Cu.O/c1-12(24-25(5,6)20(2,3)4)16-11-15-17(21)13-9-7-8-10-14(13)18(22)19(15)23-16;1-7(15)11-6-10-12(16)8-4-2-3-5-9(8)13(17)14(10)18-11;11-7-8(12)5-3-1-2-4-6(5)9(13)10(7)14;1-8-9(2)11-12(6,7)10(3,4)5;;;;/h7-12H,1-6H3;2-7,15H,1H3;1-4,12H;1,9H,2-7H3;1H;;;. The van der Waals surface area contributed by atoms with Crippen LogP contribution < -0.4 is 0 Å². The number of terminal acetylenes is 1. The summed E-state index contributed by atoms with van der Waals surface area (Å²) in [5.41, 5.74) is 2.78. The van der Waals surface area contributed by atoms with Gasteiger partial charge in [-0.25, -0.2) is 0 Å². The van der Waals surface area contributed by atoms with E-state index in [2.05, 4.69) is 106 Å². The number of carbonyl (C=O) groups is 6. The van der Waals surface area contributed by atoms with Gasteiger partial charge in [-0.3, -0.25) is 28.8 Å². The number of aliphatic hydroxyl groups excluding tert-OH is 2. The molecule has 0 fully saturated rings. The van der Waals surface area contributed by atoms with E-state index < -0.39 is 34.3 Å². The molecule has 73 heavy (non-hydrogen) atoms. The molecule has 0 spiro atoms. The molecule has 2 N–H and O–H groups in total. The van der Waals surface area contributed by atoms with Crippen molar-refractivity contribution >= 4 is 85.4 Å². The number of Topliss-reactive ketones (excluding diaryl/α,β-unsaturated/α-hetero) is 2. The van der Waals surface area contributed by atoms with Gasteiger partial charge in [0.2, 0.25) is 23.1 Å². The molecule has 5 aromatic rings. The second-order valence-corrected chi connectivity index (χ2v) is 30.2. The van der Waals surface area contributed by atoms with Crippen molar-refractivity contribution < 1.29 is 93.5 Å². The first kappa shape index (κ1) is 64.4. The van der Waals surface area contributed by atoms with Gasteiger partial charge >= 0.3 is 19.8 Å². The third-order valence-electron chi connectivity index (χ3n) is 12.9. The van der Waals surface area contributed by atoms with Crippen molar-refractivity contribution in [2.24, 2.45) is 0 Å². The van der Waals surface area contributed by atoms with Crippen LogP contribution in [0, 0.1) is 12.3 Å². The van der Waals surface area contributed by atoms with Crippen LogP contribution in [0.4, 0.5) is 0 Å². The van der Waals surface area contributed by atoms with Crippen molar-refractivity contribution in [2.45, 2.75) is 117 Å². The summed E-state index contributed by atoms with van der Waals surface area (Å²) in [5, 5.41) is 19.3. The molecule has 1 radical (unpaired) electrons. The van der Waals surface area contributed by atoms with Crippen LogP contribution in [0.2, 0.25) is 36.3 Å². The van der Waals surface area contributed by atoms with Gasteiger partial charge in [0.05, 0.1) is 11.1 Å². The molecule has 8 rings (SSSR count). The van der Waals surface area contributed by atoms with Gasteiger partial charge in [0.1, 0.15) is 40.1 Å². The maximum absolute atomic E-state index is 12.7. The predicted molar refractivity (Wildman–Crippen MR) is 280 cm³/mol. The van der Waals surface area contributed by atoms with Crippen LogP contribution in [0.3, 0.4) is 0 Å². The first-order valence-electron chi connectivity index (χ1n) is 22.5. The van der Waals surface area contributed by atoms with Crippen molar-refractivity contribution in [1.29, 1.82) is 0 Å². The second kappa shape index (κ2) is 25.7. The normalized spacial score (nSPS) is 14.8. The van der Waals surface area contributed by atoms with Crippen LogP contribution in [0.25, 0.3) is 5.76 Å². The fourth-order valence-corrected chi connectivity index (χ4v) is 9.91. The van der Waals surface area contributed by atoms with Gasteiger partial charge in [0, 0.05) is 50.4 Å². The Morgan fingerprint density at radius 1 is 0.575 bits per heavy atom. The van der Waals surface area contributed by atoms with Gasteiger partial charge in [-0.05, 0) is 85.1 Å². The van der Waals surface area contributed by atoms with Crippen LogP contribution in [0.5, 0.6) is 0 Å². The van der Waals surface area contributed by atoms with Gasteiger partial charge < -0.3 is 27.9 Å². The Hall–Kier alpha value is -4.74. The number of fused-ring (bicyclic) bond motifs is 5. The molecule has 3 atom stereocenters. The summed E-state index contributed by atoms with van der Waals surface area (Å²) in [6.45, 7) is 27.3. The molecule has 398 valence electrons. The molecule has 3 unspecified atom stereocenters. The predicted octanol–water partition coefficient (Wildman–Crippen LogP) is 12.6. The molecule has 3 aromatic carbocycles. The molecule has 0 saturated heterocycles. The Morgan fingerprint density at radius 3 is 1.27 bits per heavy atom. The summed E-state index contributed by atoms with van der Waals surface area (Å²) >= 11 is 5.83. The average molecular weight is 1220 g/mol. The van der Waals surface area contributed by atoms with E-state index in [1.807, 2.05) is 13.8 Å². The zero-order valence-electron chi connectivity index (χ0n) is 42.7. The summed E-state index contributed by atoms with van der Waals surface area (Å²) in [4.78, 5) is 72.4. The Morgan fingerprint density at radius 2 is 0.904 bits per heavy atom. The van der Waals surface area contributed by atoms with Crippen LogP contribution in [-0.2, 0) is 50.5 Å². The second-order valence-electron chi connectivity index (χ2n) is 19.9. The Bertz CT molecular complexity index is 2860. The van der Waals surface area contributed by atoms with Crippen LogP contribution in [0.15, 0.2) is 98.2 Å². The van der Waals surface area contributed by atoms with E-state index in [-0.39, 0.29) is 114 Å². The maximum atomic E-state index is 12.7. The van der Waals surface area contributed by atoms with Crippen LogP contribution in [0.1, 0.15) is 166 Å². The van der Waals surface area contributed by atoms with Gasteiger partial charge in [-0.1, -0.05) is 120 Å².